The quantitative estimate of drug-likeness (QED) is 0.825. The van der Waals surface area contributed by atoms with Crippen molar-refractivity contribution < 1.29 is 5.11 Å². The van der Waals surface area contributed by atoms with Crippen LogP contribution in [0.3, 0.4) is 0 Å². The van der Waals surface area contributed by atoms with Gasteiger partial charge in [-0.1, -0.05) is 13.0 Å². The van der Waals surface area contributed by atoms with E-state index in [-0.39, 0.29) is 12.6 Å². The molecule has 0 aliphatic heterocycles. The molecule has 2 rings (SSSR count). The first kappa shape index (κ1) is 11.5. The summed E-state index contributed by atoms with van der Waals surface area (Å²) in [7, 11) is 0. The summed E-state index contributed by atoms with van der Waals surface area (Å²) < 4.78 is 2.45. The first-order valence-electron chi connectivity index (χ1n) is 5.08. The molecule has 4 nitrogen and oxygen atoms in total. The minimum absolute atomic E-state index is 0.102. The lowest BCUT2D eigenvalue weighted by molar-refractivity contribution is 0.261. The normalized spacial score (nSPS) is 12.9. The summed E-state index contributed by atoms with van der Waals surface area (Å²) in [6.45, 7) is 2.00. The van der Waals surface area contributed by atoms with E-state index in [0.717, 1.165) is 6.42 Å². The van der Waals surface area contributed by atoms with Crippen molar-refractivity contribution >= 4 is 23.6 Å². The van der Waals surface area contributed by atoms with E-state index in [0.29, 0.717) is 10.6 Å². The van der Waals surface area contributed by atoms with Crippen LogP contribution < -0.4 is 0 Å². The Morgan fingerprint density at radius 2 is 2.50 bits per heavy atom. The first-order chi connectivity index (χ1) is 7.77. The molecule has 2 aromatic rings. The summed E-state index contributed by atoms with van der Waals surface area (Å²) in [6, 6.07) is 4.26. The predicted molar refractivity (Wildman–Crippen MR) is 66.1 cm³/mol. The molecule has 0 aliphatic carbocycles. The molecule has 86 valence electrons. The number of aliphatic hydroxyl groups excluding tert-OH is 1. The standard InChI is InChI=1S/C10H13N3OS2/c1-2-7(8-4-3-5-16-8)13-9(6-14)11-12-10(13)15/h3-5,7,14H,2,6H2,1H3,(H,12,15). The van der Waals surface area contributed by atoms with Crippen molar-refractivity contribution in [2.24, 2.45) is 0 Å². The molecule has 0 saturated carbocycles. The van der Waals surface area contributed by atoms with Gasteiger partial charge in [-0.05, 0) is 30.1 Å². The summed E-state index contributed by atoms with van der Waals surface area (Å²) in [4.78, 5) is 1.23. The van der Waals surface area contributed by atoms with Gasteiger partial charge in [-0.25, -0.2) is 0 Å². The van der Waals surface area contributed by atoms with E-state index in [2.05, 4.69) is 23.2 Å². The van der Waals surface area contributed by atoms with Crippen molar-refractivity contribution in [3.05, 3.63) is 33.0 Å². The lowest BCUT2D eigenvalue weighted by Gasteiger charge is -2.16. The predicted octanol–water partition coefficient (Wildman–Crippen LogP) is 2.49. The van der Waals surface area contributed by atoms with Gasteiger partial charge < -0.3 is 5.11 Å². The van der Waals surface area contributed by atoms with Crippen LogP contribution in [0, 0.1) is 4.77 Å². The van der Waals surface area contributed by atoms with Crippen LogP contribution in [0.2, 0.25) is 0 Å². The highest BCUT2D eigenvalue weighted by atomic mass is 32.1. The van der Waals surface area contributed by atoms with Crippen LogP contribution in [0.15, 0.2) is 17.5 Å². The van der Waals surface area contributed by atoms with E-state index in [4.69, 9.17) is 12.2 Å². The molecule has 16 heavy (non-hydrogen) atoms. The number of nitrogens with zero attached hydrogens (tertiary/aromatic N) is 2. The van der Waals surface area contributed by atoms with Crippen LogP contribution in [0.25, 0.3) is 0 Å². The number of nitrogens with one attached hydrogen (secondary N) is 1. The van der Waals surface area contributed by atoms with Crippen LogP contribution in [0.4, 0.5) is 0 Å². The fourth-order valence-corrected chi connectivity index (χ4v) is 2.94. The van der Waals surface area contributed by atoms with Crippen molar-refractivity contribution in [2.75, 3.05) is 0 Å². The highest BCUT2D eigenvalue weighted by molar-refractivity contribution is 7.71. The number of aromatic nitrogens is 3. The lowest BCUT2D eigenvalue weighted by atomic mass is 10.2. The summed E-state index contributed by atoms with van der Waals surface area (Å²) >= 11 is 6.89. The summed E-state index contributed by atoms with van der Waals surface area (Å²) in [6.07, 6.45) is 0.918. The molecule has 0 bridgehead atoms. The summed E-state index contributed by atoms with van der Waals surface area (Å²) in [5.41, 5.74) is 0. The number of aliphatic hydroxyl groups is 1. The largest absolute Gasteiger partial charge is 0.388 e. The van der Waals surface area contributed by atoms with Gasteiger partial charge in [0.05, 0.1) is 6.04 Å². The van der Waals surface area contributed by atoms with Crippen LogP contribution >= 0.6 is 23.6 Å². The molecule has 0 aliphatic rings. The summed E-state index contributed by atoms with van der Waals surface area (Å²) in [5.74, 6) is 0.588. The highest BCUT2D eigenvalue weighted by Gasteiger charge is 2.17. The van der Waals surface area contributed by atoms with Crippen molar-refractivity contribution in [3.63, 3.8) is 0 Å². The second-order valence-corrected chi connectivity index (χ2v) is 4.78. The summed E-state index contributed by atoms with van der Waals surface area (Å²) in [5, 5.41) is 18.0. The average molecular weight is 255 g/mol. The minimum Gasteiger partial charge on any atom is -0.388 e. The zero-order chi connectivity index (χ0) is 11.5. The number of H-pyrrole nitrogens is 1. The monoisotopic (exact) mass is 255 g/mol. The molecule has 0 spiro atoms. The molecular weight excluding hydrogens is 242 g/mol. The van der Waals surface area contributed by atoms with E-state index in [1.165, 1.54) is 4.88 Å². The number of aromatic amines is 1. The number of hydrogen-bond donors (Lipinski definition) is 2. The molecule has 0 amide bonds. The Balaban J connectivity index is 2.48. The smallest absolute Gasteiger partial charge is 0.195 e. The van der Waals surface area contributed by atoms with E-state index >= 15 is 0 Å². The van der Waals surface area contributed by atoms with Gasteiger partial charge in [0.15, 0.2) is 10.6 Å². The Morgan fingerprint density at radius 1 is 1.69 bits per heavy atom. The van der Waals surface area contributed by atoms with Crippen molar-refractivity contribution in [3.8, 4) is 0 Å². The molecule has 6 heteroatoms. The van der Waals surface area contributed by atoms with Crippen LogP contribution in [-0.4, -0.2) is 19.9 Å². The van der Waals surface area contributed by atoms with Crippen LogP contribution in [0.1, 0.15) is 30.1 Å². The number of thiophene rings is 1. The third-order valence-electron chi connectivity index (χ3n) is 2.49. The zero-order valence-corrected chi connectivity index (χ0v) is 10.5. The van der Waals surface area contributed by atoms with E-state index < -0.39 is 0 Å². The second-order valence-electron chi connectivity index (χ2n) is 3.41. The molecule has 2 heterocycles. The fraction of sp³-hybridized carbons (Fsp3) is 0.400. The van der Waals surface area contributed by atoms with E-state index in [1.807, 2.05) is 16.0 Å². The van der Waals surface area contributed by atoms with Crippen molar-refractivity contribution in [1.29, 1.82) is 0 Å². The Kier molecular flexibility index (Phi) is 3.52. The van der Waals surface area contributed by atoms with Gasteiger partial charge in [-0.3, -0.25) is 9.67 Å². The van der Waals surface area contributed by atoms with Gasteiger partial charge in [-0.2, -0.15) is 5.10 Å². The number of rotatable bonds is 4. The molecule has 2 aromatic heterocycles. The first-order valence-corrected chi connectivity index (χ1v) is 6.36. The van der Waals surface area contributed by atoms with E-state index in [1.54, 1.807) is 11.3 Å². The third kappa shape index (κ3) is 1.95. The van der Waals surface area contributed by atoms with Crippen molar-refractivity contribution in [2.45, 2.75) is 26.0 Å². The zero-order valence-electron chi connectivity index (χ0n) is 8.88. The second kappa shape index (κ2) is 4.90. The third-order valence-corrected chi connectivity index (χ3v) is 3.75. The maximum atomic E-state index is 9.23. The fourth-order valence-electron chi connectivity index (χ4n) is 1.76. The maximum absolute atomic E-state index is 9.23. The SMILES string of the molecule is CCC(c1cccs1)n1c(CO)n[nH]c1=S. The topological polar surface area (TPSA) is 53.8 Å². The number of hydrogen-bond acceptors (Lipinski definition) is 4. The van der Waals surface area contributed by atoms with Gasteiger partial charge in [-0.15, -0.1) is 11.3 Å². The Hall–Kier alpha value is -0.980. The Bertz CT molecular complexity index is 500. The minimum atomic E-state index is -0.102. The molecule has 0 aromatic carbocycles. The van der Waals surface area contributed by atoms with Crippen LogP contribution in [-0.2, 0) is 6.61 Å². The van der Waals surface area contributed by atoms with Gasteiger partial charge >= 0.3 is 0 Å². The molecule has 0 saturated heterocycles. The van der Waals surface area contributed by atoms with Gasteiger partial charge in [0.2, 0.25) is 0 Å². The van der Waals surface area contributed by atoms with Gasteiger partial charge in [0, 0.05) is 4.88 Å². The Labute approximate surface area is 103 Å². The van der Waals surface area contributed by atoms with Crippen LogP contribution in [0.5, 0.6) is 0 Å². The molecule has 2 N–H and O–H groups in total. The molecule has 0 fully saturated rings. The molecule has 1 unspecified atom stereocenters. The Morgan fingerprint density at radius 3 is 3.06 bits per heavy atom. The van der Waals surface area contributed by atoms with Gasteiger partial charge in [0.25, 0.3) is 0 Å². The lowest BCUT2D eigenvalue weighted by Crippen LogP contribution is -2.12. The average Bonchev–Trinajstić information content (AvgIpc) is 2.91. The molecule has 1 atom stereocenters. The van der Waals surface area contributed by atoms with Crippen molar-refractivity contribution in [1.82, 2.24) is 14.8 Å². The molecular formula is C10H13N3OS2. The molecule has 0 radical (unpaired) electrons. The maximum Gasteiger partial charge on any atom is 0.195 e. The van der Waals surface area contributed by atoms with E-state index in [9.17, 15) is 5.11 Å². The van der Waals surface area contributed by atoms with Gasteiger partial charge in [0.1, 0.15) is 6.61 Å². The highest BCUT2D eigenvalue weighted by Crippen LogP contribution is 2.27.